The number of amides is 1. The minimum Gasteiger partial charge on any atom is -0.349 e. The Labute approximate surface area is 113 Å². The Morgan fingerprint density at radius 2 is 2.17 bits per heavy atom. The quantitative estimate of drug-likeness (QED) is 0.853. The van der Waals surface area contributed by atoms with Crippen LogP contribution in [0.1, 0.15) is 42.5 Å². The Hall–Kier alpha value is -0.870. The number of nitrogens with zero attached hydrogens (tertiary/aromatic N) is 1. The lowest BCUT2D eigenvalue weighted by Crippen LogP contribution is -2.34. The van der Waals surface area contributed by atoms with Crippen LogP contribution < -0.4 is 5.32 Å². The molecule has 18 heavy (non-hydrogen) atoms. The SMILES string of the molecule is CN(C)C1CCCC(NC(=O)c2ccsc2)CC1. The summed E-state index contributed by atoms with van der Waals surface area (Å²) in [6.45, 7) is 0. The summed E-state index contributed by atoms with van der Waals surface area (Å²) in [4.78, 5) is 14.3. The molecule has 2 unspecified atom stereocenters. The smallest absolute Gasteiger partial charge is 0.252 e. The van der Waals surface area contributed by atoms with Gasteiger partial charge in [-0.05, 0) is 57.6 Å². The molecule has 1 amide bonds. The molecule has 1 aromatic rings. The topological polar surface area (TPSA) is 32.3 Å². The molecule has 1 aliphatic rings. The van der Waals surface area contributed by atoms with Crippen molar-refractivity contribution in [2.45, 2.75) is 44.2 Å². The molecule has 0 aromatic carbocycles. The molecule has 2 atom stereocenters. The molecule has 4 heteroatoms. The van der Waals surface area contributed by atoms with E-state index in [-0.39, 0.29) is 5.91 Å². The molecule has 1 fully saturated rings. The van der Waals surface area contributed by atoms with E-state index >= 15 is 0 Å². The molecule has 0 aliphatic heterocycles. The van der Waals surface area contributed by atoms with Gasteiger partial charge in [0.2, 0.25) is 0 Å². The third-order valence-corrected chi connectivity index (χ3v) is 4.47. The third-order valence-electron chi connectivity index (χ3n) is 3.79. The van der Waals surface area contributed by atoms with Gasteiger partial charge in [-0.3, -0.25) is 4.79 Å². The van der Waals surface area contributed by atoms with Crippen LogP contribution in [0, 0.1) is 0 Å². The normalized spacial score (nSPS) is 24.8. The van der Waals surface area contributed by atoms with E-state index in [0.717, 1.165) is 18.4 Å². The highest BCUT2D eigenvalue weighted by Gasteiger charge is 2.21. The van der Waals surface area contributed by atoms with E-state index in [0.29, 0.717) is 12.1 Å². The number of rotatable bonds is 3. The van der Waals surface area contributed by atoms with E-state index in [1.54, 1.807) is 11.3 Å². The van der Waals surface area contributed by atoms with E-state index in [1.807, 2.05) is 16.8 Å². The van der Waals surface area contributed by atoms with Crippen LogP contribution in [0.25, 0.3) is 0 Å². The maximum absolute atomic E-state index is 12.0. The van der Waals surface area contributed by atoms with Gasteiger partial charge in [0.05, 0.1) is 0 Å². The maximum Gasteiger partial charge on any atom is 0.252 e. The van der Waals surface area contributed by atoms with Crippen LogP contribution in [0.4, 0.5) is 0 Å². The van der Waals surface area contributed by atoms with E-state index in [9.17, 15) is 4.79 Å². The van der Waals surface area contributed by atoms with E-state index < -0.39 is 0 Å². The van der Waals surface area contributed by atoms with Gasteiger partial charge in [0.15, 0.2) is 0 Å². The molecule has 0 radical (unpaired) electrons. The second-order valence-electron chi connectivity index (χ2n) is 5.31. The summed E-state index contributed by atoms with van der Waals surface area (Å²) in [6, 6.07) is 2.91. The molecule has 1 aromatic heterocycles. The van der Waals surface area contributed by atoms with Gasteiger partial charge in [-0.25, -0.2) is 0 Å². The van der Waals surface area contributed by atoms with Gasteiger partial charge in [-0.15, -0.1) is 0 Å². The minimum atomic E-state index is 0.0875. The van der Waals surface area contributed by atoms with Crippen molar-refractivity contribution in [2.75, 3.05) is 14.1 Å². The molecule has 1 saturated carbocycles. The molecule has 100 valence electrons. The molecule has 0 spiro atoms. The van der Waals surface area contributed by atoms with E-state index in [2.05, 4.69) is 24.3 Å². The van der Waals surface area contributed by atoms with Gasteiger partial charge in [0.25, 0.3) is 5.91 Å². The summed E-state index contributed by atoms with van der Waals surface area (Å²) < 4.78 is 0. The van der Waals surface area contributed by atoms with Crippen molar-refractivity contribution in [1.29, 1.82) is 0 Å². The summed E-state index contributed by atoms with van der Waals surface area (Å²) in [5, 5.41) is 7.03. The molecule has 0 bridgehead atoms. The number of nitrogens with one attached hydrogen (secondary N) is 1. The first-order chi connectivity index (χ1) is 8.66. The first kappa shape index (κ1) is 13.6. The average molecular weight is 266 g/mol. The first-order valence-electron chi connectivity index (χ1n) is 6.66. The Morgan fingerprint density at radius 3 is 2.83 bits per heavy atom. The third kappa shape index (κ3) is 3.56. The van der Waals surface area contributed by atoms with Crippen LogP contribution in [0.15, 0.2) is 16.8 Å². The van der Waals surface area contributed by atoms with Crippen molar-refractivity contribution < 1.29 is 4.79 Å². The van der Waals surface area contributed by atoms with Crippen LogP contribution >= 0.6 is 11.3 Å². The highest BCUT2D eigenvalue weighted by molar-refractivity contribution is 7.08. The number of hydrogen-bond donors (Lipinski definition) is 1. The van der Waals surface area contributed by atoms with Gasteiger partial charge < -0.3 is 10.2 Å². The first-order valence-corrected chi connectivity index (χ1v) is 7.60. The molecular formula is C14H22N2OS. The van der Waals surface area contributed by atoms with Gasteiger partial charge >= 0.3 is 0 Å². The lowest BCUT2D eigenvalue weighted by Gasteiger charge is -2.22. The molecular weight excluding hydrogens is 244 g/mol. The fourth-order valence-corrected chi connectivity index (χ4v) is 3.24. The van der Waals surface area contributed by atoms with Gasteiger partial charge in [0, 0.05) is 23.0 Å². The van der Waals surface area contributed by atoms with Crippen LogP contribution in [0.3, 0.4) is 0 Å². The van der Waals surface area contributed by atoms with Crippen LogP contribution in [0.2, 0.25) is 0 Å². The number of hydrogen-bond acceptors (Lipinski definition) is 3. The van der Waals surface area contributed by atoms with Crippen LogP contribution in [0.5, 0.6) is 0 Å². The Balaban J connectivity index is 1.85. The van der Waals surface area contributed by atoms with Crippen molar-refractivity contribution in [2.24, 2.45) is 0 Å². The second kappa shape index (κ2) is 6.34. The fraction of sp³-hybridized carbons (Fsp3) is 0.643. The largest absolute Gasteiger partial charge is 0.349 e. The maximum atomic E-state index is 12.0. The number of carbonyl (C=O) groups excluding carboxylic acids is 1. The lowest BCUT2D eigenvalue weighted by molar-refractivity contribution is 0.0933. The zero-order valence-electron chi connectivity index (χ0n) is 11.2. The molecule has 1 N–H and O–H groups in total. The van der Waals surface area contributed by atoms with Gasteiger partial charge in [-0.2, -0.15) is 11.3 Å². The average Bonchev–Trinajstić information content (AvgIpc) is 2.77. The predicted octanol–water partition coefficient (Wildman–Crippen LogP) is 2.74. The van der Waals surface area contributed by atoms with Crippen molar-refractivity contribution in [3.05, 3.63) is 22.4 Å². The molecule has 1 heterocycles. The van der Waals surface area contributed by atoms with Crippen LogP contribution in [-0.2, 0) is 0 Å². The number of carbonyl (C=O) groups is 1. The van der Waals surface area contributed by atoms with Crippen molar-refractivity contribution in [3.63, 3.8) is 0 Å². The zero-order valence-corrected chi connectivity index (χ0v) is 12.0. The lowest BCUT2D eigenvalue weighted by atomic mass is 10.1. The van der Waals surface area contributed by atoms with E-state index in [1.165, 1.54) is 19.3 Å². The number of thiophene rings is 1. The Bertz CT molecular complexity index is 375. The standard InChI is InChI=1S/C14H22N2OS/c1-16(2)13-5-3-4-12(6-7-13)15-14(17)11-8-9-18-10-11/h8-10,12-13H,3-7H2,1-2H3,(H,15,17). The van der Waals surface area contributed by atoms with Gasteiger partial charge in [-0.1, -0.05) is 0 Å². The fourth-order valence-electron chi connectivity index (χ4n) is 2.61. The van der Waals surface area contributed by atoms with Crippen molar-refractivity contribution >= 4 is 17.2 Å². The molecule has 2 rings (SSSR count). The molecule has 0 saturated heterocycles. The van der Waals surface area contributed by atoms with Crippen molar-refractivity contribution in [3.8, 4) is 0 Å². The van der Waals surface area contributed by atoms with Crippen molar-refractivity contribution in [1.82, 2.24) is 10.2 Å². The highest BCUT2D eigenvalue weighted by Crippen LogP contribution is 2.21. The predicted molar refractivity (Wildman–Crippen MR) is 76.1 cm³/mol. The summed E-state index contributed by atoms with van der Waals surface area (Å²) in [5.41, 5.74) is 0.799. The summed E-state index contributed by atoms with van der Waals surface area (Å²) >= 11 is 1.57. The monoisotopic (exact) mass is 266 g/mol. The second-order valence-corrected chi connectivity index (χ2v) is 6.09. The molecule has 3 nitrogen and oxygen atoms in total. The summed E-state index contributed by atoms with van der Waals surface area (Å²) in [6.07, 6.45) is 5.84. The summed E-state index contributed by atoms with van der Waals surface area (Å²) in [5.74, 6) is 0.0875. The van der Waals surface area contributed by atoms with E-state index in [4.69, 9.17) is 0 Å². The van der Waals surface area contributed by atoms with Gasteiger partial charge in [0.1, 0.15) is 0 Å². The zero-order chi connectivity index (χ0) is 13.0. The Morgan fingerprint density at radius 1 is 1.33 bits per heavy atom. The minimum absolute atomic E-state index is 0.0875. The summed E-state index contributed by atoms with van der Waals surface area (Å²) in [7, 11) is 4.30. The highest BCUT2D eigenvalue weighted by atomic mass is 32.1. The molecule has 1 aliphatic carbocycles. The Kier molecular flexibility index (Phi) is 4.78. The van der Waals surface area contributed by atoms with Crippen LogP contribution in [-0.4, -0.2) is 37.0 Å².